The summed E-state index contributed by atoms with van der Waals surface area (Å²) in [7, 11) is 0. The molecule has 5 heterocycles. The van der Waals surface area contributed by atoms with Crippen LogP contribution in [0.2, 0.25) is 0 Å². The fraction of sp³-hybridized carbons (Fsp3) is 0.0420. The highest BCUT2D eigenvalue weighted by atomic mass is 19.1. The molecule has 0 aliphatic rings. The lowest BCUT2D eigenvalue weighted by Crippen LogP contribution is -1.94. The van der Waals surface area contributed by atoms with E-state index in [1.807, 2.05) is 54.6 Å². The first-order valence-corrected chi connectivity index (χ1v) is 43.1. The molecule has 0 atom stereocenters. The highest BCUT2D eigenvalue weighted by Gasteiger charge is 2.20. The smallest absolute Gasteiger partial charge is 0.123 e. The van der Waals surface area contributed by atoms with Crippen LogP contribution < -0.4 is 0 Å². The number of fused-ring (bicyclic) bond motifs is 15. The summed E-state index contributed by atoms with van der Waals surface area (Å²) in [4.78, 5) is 0. The van der Waals surface area contributed by atoms with Gasteiger partial charge in [0, 0.05) is 82.3 Å². The van der Waals surface area contributed by atoms with Crippen molar-refractivity contribution < 1.29 is 13.2 Å². The quantitative estimate of drug-likeness (QED) is 0.138. The number of rotatable bonds is 9. The zero-order chi connectivity index (χ0) is 86.2. The second-order valence-corrected chi connectivity index (χ2v) is 32.8. The monoisotopic (exact) mass is 1640 g/mol. The maximum atomic E-state index is 13.5. The number of nitrogens with zero attached hydrogens (tertiary/aromatic N) is 5. The van der Waals surface area contributed by atoms with Gasteiger partial charge >= 0.3 is 0 Å². The van der Waals surface area contributed by atoms with E-state index in [1.165, 1.54) is 196 Å². The van der Waals surface area contributed by atoms with Crippen LogP contribution in [-0.2, 0) is 0 Å². The lowest BCUT2D eigenvalue weighted by Gasteiger charge is -2.09. The molecule has 0 amide bonds. The van der Waals surface area contributed by atoms with Crippen LogP contribution in [0.5, 0.6) is 0 Å². The number of aromatic nitrogens is 5. The van der Waals surface area contributed by atoms with Crippen molar-refractivity contribution in [3.8, 4) is 72.9 Å². The number of aryl methyl sites for hydroxylation is 5. The molecule has 0 saturated heterocycles. The minimum atomic E-state index is -0.222. The molecular weight excluding hydrogens is 1560 g/mol. The SMILES string of the molecule is Cc1ccc(-c2ccc3c(c2)c2ccccc2n3-c2ccc(F)cc2)cc1.Cc1ccc(-c2ccc3c(c2)c2ccccc2n3-c2ccccc2)cc1.Cc1ccc(-c2ccc3c4ccccc4n(-c4ccc(F)cc4)c3c2)cc1.Cc1ccc(-c2ccc3c4ccccc4n(-c4ccccc4)c3c2)cc1.Cc1ccc2c(c1)c1ccccc1n2-c1ccc(F)cc1. The average molecular weight is 1650 g/mol. The number of benzene rings is 19. The van der Waals surface area contributed by atoms with Crippen LogP contribution in [0, 0.1) is 52.1 Å². The van der Waals surface area contributed by atoms with Crippen LogP contribution in [0.15, 0.2) is 443 Å². The lowest BCUT2D eigenvalue weighted by atomic mass is 10.0. The van der Waals surface area contributed by atoms with Gasteiger partial charge in [-0.05, 0) is 255 Å². The third-order valence-corrected chi connectivity index (χ3v) is 24.3. The fourth-order valence-corrected chi connectivity index (χ4v) is 18.0. The first-order chi connectivity index (χ1) is 62.3. The Hall–Kier alpha value is -16.0. The molecule has 5 nitrogen and oxygen atoms in total. The summed E-state index contributed by atoms with van der Waals surface area (Å²) in [5, 5.41) is 12.4. The van der Waals surface area contributed by atoms with Gasteiger partial charge in [-0.3, -0.25) is 0 Å². The topological polar surface area (TPSA) is 24.6 Å². The number of halogens is 3. The van der Waals surface area contributed by atoms with Gasteiger partial charge in [-0.1, -0.05) is 295 Å². The Kier molecular flexibility index (Phi) is 21.5. The Balaban J connectivity index is 0.000000100. The van der Waals surface area contributed by atoms with E-state index < -0.39 is 0 Å². The Morgan fingerprint density at radius 2 is 0.331 bits per heavy atom. The molecule has 8 heteroatoms. The number of para-hydroxylation sites is 7. The van der Waals surface area contributed by atoms with Crippen LogP contribution in [0.4, 0.5) is 13.2 Å². The van der Waals surface area contributed by atoms with Crippen LogP contribution in [0.25, 0.3) is 182 Å². The third kappa shape index (κ3) is 15.7. The molecule has 127 heavy (non-hydrogen) atoms. The van der Waals surface area contributed by atoms with Crippen molar-refractivity contribution in [2.75, 3.05) is 0 Å². The Morgan fingerprint density at radius 1 is 0.134 bits per heavy atom. The summed E-state index contributed by atoms with van der Waals surface area (Å²) in [6.45, 7) is 10.5. The van der Waals surface area contributed by atoms with Gasteiger partial charge in [-0.2, -0.15) is 0 Å². The summed E-state index contributed by atoms with van der Waals surface area (Å²) in [6.07, 6.45) is 0. The van der Waals surface area contributed by atoms with Crippen molar-refractivity contribution in [3.63, 3.8) is 0 Å². The van der Waals surface area contributed by atoms with Gasteiger partial charge in [0.25, 0.3) is 0 Å². The first-order valence-electron chi connectivity index (χ1n) is 43.1. The molecule has 0 aliphatic carbocycles. The molecule has 0 fully saturated rings. The highest BCUT2D eigenvalue weighted by Crippen LogP contribution is 2.42. The molecule has 0 N–H and O–H groups in total. The van der Waals surface area contributed by atoms with E-state index in [-0.39, 0.29) is 17.5 Å². The standard InChI is InChI=1S/2C25H18FN.2C25H19N.C19H14FN/c1-17-6-8-18(9-7-17)19-10-15-25-23(16-19)22-4-2-3-5-24(22)27(25)21-13-11-20(26)12-14-21;1-17-6-8-18(9-7-17)19-10-15-23-22-4-2-3-5-24(22)27(25(23)16-19)21-13-11-20(26)12-14-21;1-18-11-13-19(14-12-18)20-15-16-25-23(17-20)22-9-5-6-10-24(22)26(25)21-7-3-2-4-8-21;1-18-11-13-19(14-12-18)20-15-16-23-22-9-5-6-10-24(22)26(25(23)17-20)21-7-3-2-4-8-21;1-13-6-11-19-17(12-13)16-4-2-3-5-18(16)21(19)15-9-7-14(20)8-10-15/h2*2-16H,1H3;2*2-17H,1H3;2-12H,1H3. The van der Waals surface area contributed by atoms with Crippen LogP contribution >= 0.6 is 0 Å². The van der Waals surface area contributed by atoms with Gasteiger partial charge < -0.3 is 22.8 Å². The van der Waals surface area contributed by atoms with Crippen LogP contribution in [-0.4, -0.2) is 22.8 Å². The van der Waals surface area contributed by atoms with E-state index in [0.717, 1.165) is 50.2 Å². The van der Waals surface area contributed by atoms with Gasteiger partial charge in [0.15, 0.2) is 0 Å². The first kappa shape index (κ1) is 79.4. The maximum Gasteiger partial charge on any atom is 0.123 e. The van der Waals surface area contributed by atoms with Crippen LogP contribution in [0.1, 0.15) is 27.8 Å². The van der Waals surface area contributed by atoms with Crippen LogP contribution in [0.3, 0.4) is 0 Å². The lowest BCUT2D eigenvalue weighted by molar-refractivity contribution is 0.627. The van der Waals surface area contributed by atoms with Gasteiger partial charge in [0.2, 0.25) is 0 Å². The van der Waals surface area contributed by atoms with Crippen molar-refractivity contribution in [1.29, 1.82) is 0 Å². The molecule has 19 aromatic carbocycles. The second kappa shape index (κ2) is 34.4. The van der Waals surface area contributed by atoms with E-state index >= 15 is 0 Å². The Bertz CT molecular complexity index is 8130. The third-order valence-electron chi connectivity index (χ3n) is 24.3. The Labute approximate surface area is 735 Å². The second-order valence-electron chi connectivity index (χ2n) is 32.8. The largest absolute Gasteiger partial charge is 0.309 e. The summed E-state index contributed by atoms with van der Waals surface area (Å²) >= 11 is 0. The molecule has 0 radical (unpaired) electrons. The molecule has 0 spiro atoms. The zero-order valence-corrected chi connectivity index (χ0v) is 71.0. The van der Waals surface area contributed by atoms with E-state index in [1.54, 1.807) is 0 Å². The normalized spacial score (nSPS) is 11.3. The summed E-state index contributed by atoms with van der Waals surface area (Å²) in [5.74, 6) is -0.656. The predicted octanol–water partition coefficient (Wildman–Crippen LogP) is 32.5. The van der Waals surface area contributed by atoms with Gasteiger partial charge in [-0.25, -0.2) is 13.2 Å². The minimum Gasteiger partial charge on any atom is -0.309 e. The minimum absolute atomic E-state index is 0.213. The number of hydrogen-bond donors (Lipinski definition) is 0. The molecule has 0 bridgehead atoms. The molecule has 610 valence electrons. The van der Waals surface area contributed by atoms with Gasteiger partial charge in [0.1, 0.15) is 17.5 Å². The molecule has 0 aliphatic heterocycles. The molecule has 5 aromatic heterocycles. The average Bonchev–Trinajstić information content (AvgIpc) is 1.62. The van der Waals surface area contributed by atoms with Crippen molar-refractivity contribution in [3.05, 3.63) is 488 Å². The molecule has 24 aromatic rings. The Morgan fingerprint density at radius 3 is 0.630 bits per heavy atom. The summed E-state index contributed by atoms with van der Waals surface area (Å²) < 4.78 is 51.4. The molecule has 0 saturated carbocycles. The summed E-state index contributed by atoms with van der Waals surface area (Å²) in [6, 6.07) is 151. The molecule has 0 unspecified atom stereocenters. The van der Waals surface area contributed by atoms with Crippen molar-refractivity contribution in [2.24, 2.45) is 0 Å². The predicted molar refractivity (Wildman–Crippen MR) is 529 cm³/mol. The maximum absolute atomic E-state index is 13.5. The van der Waals surface area contributed by atoms with E-state index in [4.69, 9.17) is 0 Å². The number of hydrogen-bond acceptors (Lipinski definition) is 0. The van der Waals surface area contributed by atoms with E-state index in [0.29, 0.717) is 0 Å². The van der Waals surface area contributed by atoms with E-state index in [9.17, 15) is 13.2 Å². The van der Waals surface area contributed by atoms with Crippen molar-refractivity contribution in [1.82, 2.24) is 22.8 Å². The fourth-order valence-electron chi connectivity index (χ4n) is 18.0. The molecular formula is C119H88F3N5. The summed E-state index contributed by atoms with van der Waals surface area (Å²) in [5.41, 5.74) is 33.2. The zero-order valence-electron chi connectivity index (χ0n) is 71.0. The van der Waals surface area contributed by atoms with Gasteiger partial charge in [0.05, 0.1) is 55.2 Å². The van der Waals surface area contributed by atoms with Gasteiger partial charge in [-0.15, -0.1) is 0 Å². The highest BCUT2D eigenvalue weighted by molar-refractivity contribution is 6.15. The van der Waals surface area contributed by atoms with Crippen molar-refractivity contribution >= 4 is 109 Å². The van der Waals surface area contributed by atoms with E-state index in [2.05, 4.69) is 409 Å². The molecule has 24 rings (SSSR count). The van der Waals surface area contributed by atoms with Crippen molar-refractivity contribution in [2.45, 2.75) is 34.6 Å².